The third kappa shape index (κ3) is 2.50. The molecule has 1 aromatic rings. The average Bonchev–Trinajstić information content (AvgIpc) is 2.96. The zero-order chi connectivity index (χ0) is 13.1. The molecule has 0 radical (unpaired) electrons. The minimum atomic E-state index is -0.126. The van der Waals surface area contributed by atoms with E-state index in [-0.39, 0.29) is 17.7 Å². The molecule has 1 N–H and O–H groups in total. The second kappa shape index (κ2) is 5.95. The molecule has 100 valence electrons. The highest BCUT2D eigenvalue weighted by Crippen LogP contribution is 2.24. The Labute approximate surface area is 115 Å². The van der Waals surface area contributed by atoms with Crippen molar-refractivity contribution in [3.63, 3.8) is 0 Å². The van der Waals surface area contributed by atoms with Gasteiger partial charge in [-0.25, -0.2) is 0 Å². The van der Waals surface area contributed by atoms with E-state index in [4.69, 9.17) is 4.74 Å². The summed E-state index contributed by atoms with van der Waals surface area (Å²) in [6, 6.07) is 0.0920. The summed E-state index contributed by atoms with van der Waals surface area (Å²) in [5.41, 5.74) is 0.660. The summed E-state index contributed by atoms with van der Waals surface area (Å²) in [4.78, 5) is 12.6. The molecule has 18 heavy (non-hydrogen) atoms. The van der Waals surface area contributed by atoms with Crippen molar-refractivity contribution >= 4 is 21.7 Å². The summed E-state index contributed by atoms with van der Waals surface area (Å²) >= 11 is 3.41. The first-order valence-corrected chi connectivity index (χ1v) is 6.98. The molecule has 0 aromatic carbocycles. The fraction of sp³-hybridized carbons (Fsp3) is 0.667. The van der Waals surface area contributed by atoms with Crippen LogP contribution in [0.2, 0.25) is 0 Å². The number of Topliss-reactive ketones (excluding diaryl/α,β-unsaturated/α-hetero) is 1. The lowest BCUT2D eigenvalue weighted by Crippen LogP contribution is -2.37. The number of rotatable bonds is 5. The van der Waals surface area contributed by atoms with Crippen LogP contribution in [0.25, 0.3) is 0 Å². The van der Waals surface area contributed by atoms with E-state index in [9.17, 15) is 4.79 Å². The molecule has 1 saturated heterocycles. The highest BCUT2D eigenvalue weighted by molar-refractivity contribution is 9.10. The Morgan fingerprint density at radius 3 is 3.11 bits per heavy atom. The number of carbonyl (C=O) groups excluding carboxylic acids is 1. The monoisotopic (exact) mass is 315 g/mol. The Balaban J connectivity index is 2.25. The van der Waals surface area contributed by atoms with Gasteiger partial charge in [-0.1, -0.05) is 6.92 Å². The number of hydrogen-bond acceptors (Lipinski definition) is 4. The quantitative estimate of drug-likeness (QED) is 0.836. The van der Waals surface area contributed by atoms with Crippen molar-refractivity contribution < 1.29 is 9.53 Å². The van der Waals surface area contributed by atoms with Crippen LogP contribution in [0.5, 0.6) is 0 Å². The van der Waals surface area contributed by atoms with Crippen LogP contribution < -0.4 is 5.32 Å². The largest absolute Gasteiger partial charge is 0.379 e. The van der Waals surface area contributed by atoms with Gasteiger partial charge in [-0.2, -0.15) is 5.10 Å². The molecule has 0 spiro atoms. The molecule has 2 heterocycles. The molecule has 1 aromatic heterocycles. The standard InChI is InChI=1S/C12H18BrN3O2/c1-3-4-16-11(9(13)5-15-16)12(17)8-6-18-7-10(8)14-2/h5,8,10,14H,3-4,6-7H2,1-2H3. The molecule has 2 rings (SSSR count). The fourth-order valence-corrected chi connectivity index (χ4v) is 2.75. The second-order valence-corrected chi connectivity index (χ2v) is 5.32. The summed E-state index contributed by atoms with van der Waals surface area (Å²) in [7, 11) is 1.86. The number of nitrogens with one attached hydrogen (secondary N) is 1. The van der Waals surface area contributed by atoms with Crippen molar-refractivity contribution in [2.24, 2.45) is 5.92 Å². The van der Waals surface area contributed by atoms with Gasteiger partial charge < -0.3 is 10.1 Å². The van der Waals surface area contributed by atoms with Crippen LogP contribution >= 0.6 is 15.9 Å². The number of likely N-dealkylation sites (N-methyl/N-ethyl adjacent to an activating group) is 1. The minimum Gasteiger partial charge on any atom is -0.379 e. The van der Waals surface area contributed by atoms with Gasteiger partial charge in [-0.3, -0.25) is 9.48 Å². The number of ether oxygens (including phenoxy) is 1. The van der Waals surface area contributed by atoms with E-state index in [1.807, 2.05) is 7.05 Å². The van der Waals surface area contributed by atoms with Crippen LogP contribution in [-0.2, 0) is 11.3 Å². The Morgan fingerprint density at radius 2 is 2.44 bits per heavy atom. The van der Waals surface area contributed by atoms with Gasteiger partial charge in [-0.15, -0.1) is 0 Å². The molecule has 0 amide bonds. The smallest absolute Gasteiger partial charge is 0.189 e. The predicted octanol–water partition coefficient (Wildman–Crippen LogP) is 1.47. The fourth-order valence-electron chi connectivity index (χ4n) is 2.26. The lowest BCUT2D eigenvalue weighted by atomic mass is 9.96. The highest BCUT2D eigenvalue weighted by atomic mass is 79.9. The van der Waals surface area contributed by atoms with Crippen molar-refractivity contribution in [3.05, 3.63) is 16.4 Å². The molecule has 6 heteroatoms. The zero-order valence-corrected chi connectivity index (χ0v) is 12.2. The predicted molar refractivity (Wildman–Crippen MR) is 71.7 cm³/mol. The maximum absolute atomic E-state index is 12.6. The van der Waals surface area contributed by atoms with Crippen LogP contribution in [0.15, 0.2) is 10.7 Å². The molecular formula is C12H18BrN3O2. The maximum Gasteiger partial charge on any atom is 0.189 e. The van der Waals surface area contributed by atoms with Gasteiger partial charge in [0.2, 0.25) is 0 Å². The molecule has 2 unspecified atom stereocenters. The summed E-state index contributed by atoms with van der Waals surface area (Å²) in [6.45, 7) is 3.89. The Morgan fingerprint density at radius 1 is 1.67 bits per heavy atom. The first kappa shape index (κ1) is 13.7. The third-order valence-electron chi connectivity index (χ3n) is 3.25. The van der Waals surface area contributed by atoms with Crippen LogP contribution in [0.4, 0.5) is 0 Å². The number of aryl methyl sites for hydroxylation is 1. The molecule has 0 aliphatic carbocycles. The van der Waals surface area contributed by atoms with Gasteiger partial charge >= 0.3 is 0 Å². The van der Waals surface area contributed by atoms with Gasteiger partial charge in [0.25, 0.3) is 0 Å². The lowest BCUT2D eigenvalue weighted by molar-refractivity contribution is 0.0880. The molecule has 1 fully saturated rings. The topological polar surface area (TPSA) is 56.2 Å². The molecular weight excluding hydrogens is 298 g/mol. The third-order valence-corrected chi connectivity index (χ3v) is 3.83. The number of carbonyl (C=O) groups is 1. The Kier molecular flexibility index (Phi) is 4.53. The summed E-state index contributed by atoms with van der Waals surface area (Å²) in [6.07, 6.45) is 2.64. The van der Waals surface area contributed by atoms with Crippen LogP contribution in [-0.4, -0.2) is 41.9 Å². The van der Waals surface area contributed by atoms with E-state index in [1.54, 1.807) is 10.9 Å². The zero-order valence-electron chi connectivity index (χ0n) is 10.6. The summed E-state index contributed by atoms with van der Waals surface area (Å²) < 4.78 is 7.93. The van der Waals surface area contributed by atoms with Crippen molar-refractivity contribution in [2.45, 2.75) is 25.9 Å². The van der Waals surface area contributed by atoms with E-state index in [1.165, 1.54) is 0 Å². The van der Waals surface area contributed by atoms with Crippen molar-refractivity contribution in [3.8, 4) is 0 Å². The van der Waals surface area contributed by atoms with Crippen LogP contribution in [0.1, 0.15) is 23.8 Å². The summed E-state index contributed by atoms with van der Waals surface area (Å²) in [5.74, 6) is -0.0247. The minimum absolute atomic E-state index is 0.0920. The van der Waals surface area contributed by atoms with Crippen LogP contribution in [0, 0.1) is 5.92 Å². The Bertz CT molecular complexity index is 433. The van der Waals surface area contributed by atoms with E-state index < -0.39 is 0 Å². The van der Waals surface area contributed by atoms with E-state index in [0.717, 1.165) is 17.4 Å². The first-order chi connectivity index (χ1) is 8.69. The summed E-state index contributed by atoms with van der Waals surface area (Å²) in [5, 5.41) is 7.37. The van der Waals surface area contributed by atoms with E-state index in [0.29, 0.717) is 18.9 Å². The van der Waals surface area contributed by atoms with Crippen LogP contribution in [0.3, 0.4) is 0 Å². The Hall–Kier alpha value is -0.720. The van der Waals surface area contributed by atoms with Crippen molar-refractivity contribution in [1.29, 1.82) is 0 Å². The second-order valence-electron chi connectivity index (χ2n) is 4.47. The first-order valence-electron chi connectivity index (χ1n) is 6.19. The van der Waals surface area contributed by atoms with E-state index in [2.05, 4.69) is 33.3 Å². The van der Waals surface area contributed by atoms with Gasteiger partial charge in [0, 0.05) is 12.6 Å². The SMILES string of the molecule is CCCn1ncc(Br)c1C(=O)C1COCC1NC. The average molecular weight is 316 g/mol. The molecule has 0 saturated carbocycles. The molecule has 1 aliphatic rings. The van der Waals surface area contributed by atoms with Gasteiger partial charge in [0.05, 0.1) is 29.8 Å². The lowest BCUT2D eigenvalue weighted by Gasteiger charge is -2.16. The number of hydrogen-bond donors (Lipinski definition) is 1. The molecule has 1 aliphatic heterocycles. The van der Waals surface area contributed by atoms with Gasteiger partial charge in [-0.05, 0) is 29.4 Å². The van der Waals surface area contributed by atoms with Crippen molar-refractivity contribution in [1.82, 2.24) is 15.1 Å². The number of nitrogens with zero attached hydrogens (tertiary/aromatic N) is 2. The number of aromatic nitrogens is 2. The molecule has 2 atom stereocenters. The molecule has 0 bridgehead atoms. The van der Waals surface area contributed by atoms with Crippen molar-refractivity contribution in [2.75, 3.05) is 20.3 Å². The van der Waals surface area contributed by atoms with Gasteiger partial charge in [0.15, 0.2) is 5.78 Å². The van der Waals surface area contributed by atoms with Gasteiger partial charge in [0.1, 0.15) is 5.69 Å². The van der Waals surface area contributed by atoms with E-state index >= 15 is 0 Å². The molecule has 5 nitrogen and oxygen atoms in total. The maximum atomic E-state index is 12.6. The normalized spacial score (nSPS) is 23.5. The number of halogens is 1. The number of ketones is 1. The highest BCUT2D eigenvalue weighted by Gasteiger charge is 2.35.